The zero-order valence-electron chi connectivity index (χ0n) is 51.1. The van der Waals surface area contributed by atoms with Crippen LogP contribution in [0.3, 0.4) is 0 Å². The molecule has 0 N–H and O–H groups in total. The molecule has 0 radical (unpaired) electrons. The number of hydrogen-bond donors (Lipinski definition) is 0. The molecule has 1 atom stereocenters. The van der Waals surface area contributed by atoms with E-state index in [0.29, 0.717) is 19.3 Å². The van der Waals surface area contributed by atoms with Crippen LogP contribution in [0.1, 0.15) is 278 Å². The van der Waals surface area contributed by atoms with Crippen molar-refractivity contribution in [3.05, 3.63) is 146 Å². The quantitative estimate of drug-likeness (QED) is 0.0261. The molecule has 0 amide bonds. The molecule has 0 rings (SSSR count). The van der Waals surface area contributed by atoms with Crippen LogP contribution >= 0.6 is 0 Å². The first-order valence-corrected chi connectivity index (χ1v) is 32.3. The lowest BCUT2D eigenvalue weighted by atomic mass is 10.1. The van der Waals surface area contributed by atoms with Crippen LogP contribution in [-0.2, 0) is 28.6 Å². The second kappa shape index (κ2) is 65.8. The Balaban J connectivity index is 4.47. The number of esters is 3. The number of carbonyl (C=O) groups excluding carboxylic acids is 3. The minimum atomic E-state index is -0.815. The van der Waals surface area contributed by atoms with Gasteiger partial charge in [0.1, 0.15) is 13.2 Å². The topological polar surface area (TPSA) is 78.9 Å². The Hall–Kier alpha value is -4.71. The lowest BCUT2D eigenvalue weighted by Crippen LogP contribution is -2.30. The van der Waals surface area contributed by atoms with E-state index < -0.39 is 6.10 Å². The molecule has 0 aromatic heterocycles. The van der Waals surface area contributed by atoms with E-state index >= 15 is 0 Å². The normalized spacial score (nSPS) is 13.1. The summed E-state index contributed by atoms with van der Waals surface area (Å²) < 4.78 is 16.9. The van der Waals surface area contributed by atoms with E-state index in [4.69, 9.17) is 14.2 Å². The van der Waals surface area contributed by atoms with E-state index in [1.807, 2.05) is 0 Å². The average molecular weight is 1090 g/mol. The Morgan fingerprint density at radius 2 is 0.494 bits per heavy atom. The molecule has 0 heterocycles. The van der Waals surface area contributed by atoms with Gasteiger partial charge in [-0.25, -0.2) is 0 Å². The molecule has 0 saturated heterocycles. The first-order chi connectivity index (χ1) is 39.0. The van der Waals surface area contributed by atoms with Crippen LogP contribution in [0.5, 0.6) is 0 Å². The largest absolute Gasteiger partial charge is 0.462 e. The van der Waals surface area contributed by atoms with E-state index in [9.17, 15) is 14.4 Å². The summed E-state index contributed by atoms with van der Waals surface area (Å²) >= 11 is 0. The molecule has 6 heteroatoms. The molecule has 6 nitrogen and oxygen atoms in total. The molecule has 0 aliphatic carbocycles. The Kier molecular flexibility index (Phi) is 61.9. The van der Waals surface area contributed by atoms with Crippen molar-refractivity contribution in [1.29, 1.82) is 0 Å². The van der Waals surface area contributed by atoms with E-state index in [0.717, 1.165) is 141 Å². The predicted octanol–water partition coefficient (Wildman–Crippen LogP) is 22.3. The van der Waals surface area contributed by atoms with Gasteiger partial charge in [0.25, 0.3) is 0 Å². The number of allylic oxidation sites excluding steroid dienone is 24. The molecule has 446 valence electrons. The van der Waals surface area contributed by atoms with Gasteiger partial charge >= 0.3 is 17.9 Å². The molecule has 0 fully saturated rings. The van der Waals surface area contributed by atoms with Crippen LogP contribution in [0.2, 0.25) is 0 Å². The van der Waals surface area contributed by atoms with Crippen molar-refractivity contribution in [3.63, 3.8) is 0 Å². The van der Waals surface area contributed by atoms with Crippen LogP contribution in [0.25, 0.3) is 0 Å². The third kappa shape index (κ3) is 64.0. The maximum Gasteiger partial charge on any atom is 0.306 e. The molecule has 0 aliphatic heterocycles. The molecule has 0 aromatic rings. The van der Waals surface area contributed by atoms with Crippen molar-refractivity contribution in [2.75, 3.05) is 13.2 Å². The Morgan fingerprint density at radius 1 is 0.266 bits per heavy atom. The minimum Gasteiger partial charge on any atom is -0.462 e. The third-order valence-electron chi connectivity index (χ3n) is 13.3. The first kappa shape index (κ1) is 74.3. The van der Waals surface area contributed by atoms with Crippen LogP contribution in [0.15, 0.2) is 146 Å². The highest BCUT2D eigenvalue weighted by molar-refractivity contribution is 5.71. The number of rotatable bonds is 57. The summed E-state index contributed by atoms with van der Waals surface area (Å²) in [6.07, 6.45) is 94.2. The van der Waals surface area contributed by atoms with Crippen molar-refractivity contribution in [2.24, 2.45) is 0 Å². The highest BCUT2D eigenvalue weighted by Crippen LogP contribution is 2.15. The summed E-state index contributed by atoms with van der Waals surface area (Å²) in [5, 5.41) is 0. The Morgan fingerprint density at radius 3 is 0.810 bits per heavy atom. The Labute approximate surface area is 487 Å². The molecular weight excluding hydrogens is 973 g/mol. The van der Waals surface area contributed by atoms with Gasteiger partial charge < -0.3 is 14.2 Å². The first-order valence-electron chi connectivity index (χ1n) is 32.3. The summed E-state index contributed by atoms with van der Waals surface area (Å²) in [5.74, 6) is -0.963. The number of hydrogen-bond acceptors (Lipinski definition) is 6. The summed E-state index contributed by atoms with van der Waals surface area (Å²) in [7, 11) is 0. The fourth-order valence-corrected chi connectivity index (χ4v) is 8.53. The molecular formula is C73H118O6. The lowest BCUT2D eigenvalue weighted by molar-refractivity contribution is -0.167. The summed E-state index contributed by atoms with van der Waals surface area (Å²) in [6, 6.07) is 0. The highest BCUT2D eigenvalue weighted by atomic mass is 16.6. The van der Waals surface area contributed by atoms with E-state index in [2.05, 4.69) is 167 Å². The van der Waals surface area contributed by atoms with Crippen molar-refractivity contribution in [1.82, 2.24) is 0 Å². The van der Waals surface area contributed by atoms with Gasteiger partial charge in [0.2, 0.25) is 0 Å². The molecule has 1 unspecified atom stereocenters. The number of unbranched alkanes of at least 4 members (excludes halogenated alkanes) is 22. The smallest absolute Gasteiger partial charge is 0.306 e. The van der Waals surface area contributed by atoms with E-state index in [-0.39, 0.29) is 37.5 Å². The zero-order valence-corrected chi connectivity index (χ0v) is 51.1. The van der Waals surface area contributed by atoms with Crippen molar-refractivity contribution < 1.29 is 28.6 Å². The monoisotopic (exact) mass is 1090 g/mol. The van der Waals surface area contributed by atoms with Gasteiger partial charge in [-0.05, 0) is 141 Å². The Bertz CT molecular complexity index is 1730. The average Bonchev–Trinajstić information content (AvgIpc) is 3.45. The molecule has 0 aromatic carbocycles. The minimum absolute atomic E-state index is 0.106. The van der Waals surface area contributed by atoms with Crippen LogP contribution in [-0.4, -0.2) is 37.2 Å². The van der Waals surface area contributed by atoms with Crippen LogP contribution in [0, 0.1) is 0 Å². The number of ether oxygens (including phenoxy) is 3. The highest BCUT2D eigenvalue weighted by Gasteiger charge is 2.19. The van der Waals surface area contributed by atoms with Crippen LogP contribution in [0.4, 0.5) is 0 Å². The molecule has 0 spiro atoms. The predicted molar refractivity (Wildman–Crippen MR) is 343 cm³/mol. The van der Waals surface area contributed by atoms with Gasteiger partial charge in [0.15, 0.2) is 6.10 Å². The van der Waals surface area contributed by atoms with Crippen molar-refractivity contribution >= 4 is 17.9 Å². The van der Waals surface area contributed by atoms with Gasteiger partial charge in [-0.2, -0.15) is 0 Å². The summed E-state index contributed by atoms with van der Waals surface area (Å²) in [4.78, 5) is 38.3. The van der Waals surface area contributed by atoms with Gasteiger partial charge in [0.05, 0.1) is 0 Å². The maximum atomic E-state index is 12.9. The van der Waals surface area contributed by atoms with Crippen molar-refractivity contribution in [2.45, 2.75) is 284 Å². The van der Waals surface area contributed by atoms with Gasteiger partial charge in [0, 0.05) is 19.3 Å². The summed E-state index contributed by atoms with van der Waals surface area (Å²) in [6.45, 7) is 6.37. The van der Waals surface area contributed by atoms with Gasteiger partial charge in [-0.1, -0.05) is 263 Å². The third-order valence-corrected chi connectivity index (χ3v) is 13.3. The lowest BCUT2D eigenvalue weighted by Gasteiger charge is -2.18. The standard InChI is InChI=1S/C73H118O6/c1-4-7-10-13-16-19-22-25-28-30-32-34-35-36-37-39-40-42-45-48-51-54-57-60-63-66-72(75)78-69-70(68-77-71(74)65-62-59-56-53-50-47-44-27-24-21-18-15-12-9-6-3)79-73(76)67-64-61-58-55-52-49-46-43-41-38-33-31-29-26-23-20-17-14-11-8-5-2/h7-8,10-11,16-17,19-20,25-29,32-34,36-38,43-44,46,52,55,70H,4-6,9,12-15,18,21-24,30-31,35,39-42,45,47-51,53-54,56-69H2,1-3H3/b10-7-,11-8-,19-16-,20-17-,28-25-,29-26-,34-32-,37-36-,38-33-,44-27-,46-43-,55-52-. The second-order valence-corrected chi connectivity index (χ2v) is 20.9. The summed E-state index contributed by atoms with van der Waals surface area (Å²) in [5.41, 5.74) is 0. The zero-order chi connectivity index (χ0) is 57.1. The maximum absolute atomic E-state index is 12.9. The fourth-order valence-electron chi connectivity index (χ4n) is 8.53. The molecule has 0 aliphatic rings. The molecule has 0 bridgehead atoms. The van der Waals surface area contributed by atoms with E-state index in [1.165, 1.54) is 89.9 Å². The van der Waals surface area contributed by atoms with Gasteiger partial charge in [-0.3, -0.25) is 14.4 Å². The molecule has 0 saturated carbocycles. The molecule has 79 heavy (non-hydrogen) atoms. The van der Waals surface area contributed by atoms with Crippen LogP contribution < -0.4 is 0 Å². The second-order valence-electron chi connectivity index (χ2n) is 20.9. The fraction of sp³-hybridized carbons (Fsp3) is 0.630. The van der Waals surface area contributed by atoms with E-state index in [1.54, 1.807) is 0 Å². The van der Waals surface area contributed by atoms with Crippen molar-refractivity contribution in [3.8, 4) is 0 Å². The SMILES string of the molecule is CC/C=C\C/C=C\C/C=C\C/C=C\C/C=C\C/C=C\CCCCC(=O)OC(COC(=O)CCCCCCC/C=C\CCCCCCCC)COC(=O)CCCCCCCCCCC/C=C\C/C=C\C/C=C\C/C=C\C/C=C\CC. The number of carbonyl (C=O) groups is 3. The van der Waals surface area contributed by atoms with Gasteiger partial charge in [-0.15, -0.1) is 0 Å².